The standard InChI is InChI=1S/C10H19ClN4O2/c1-3-17-7-9(14-12)10-8(11)6-13-15(10)4-5-16-2/h6,9,14H,3-5,7,12H2,1-2H3. The van der Waals surface area contributed by atoms with Crippen LogP contribution in [0.25, 0.3) is 0 Å². The van der Waals surface area contributed by atoms with Gasteiger partial charge in [0.2, 0.25) is 0 Å². The smallest absolute Gasteiger partial charge is 0.0877 e. The summed E-state index contributed by atoms with van der Waals surface area (Å²) in [7, 11) is 1.64. The maximum atomic E-state index is 6.10. The van der Waals surface area contributed by atoms with E-state index in [-0.39, 0.29) is 6.04 Å². The predicted molar refractivity (Wildman–Crippen MR) is 65.7 cm³/mol. The Labute approximate surface area is 106 Å². The lowest BCUT2D eigenvalue weighted by Crippen LogP contribution is -2.33. The van der Waals surface area contributed by atoms with Crippen molar-refractivity contribution in [2.24, 2.45) is 5.84 Å². The number of rotatable bonds is 8. The summed E-state index contributed by atoms with van der Waals surface area (Å²) in [6.45, 7) is 4.20. The van der Waals surface area contributed by atoms with Gasteiger partial charge in [0.25, 0.3) is 0 Å². The summed E-state index contributed by atoms with van der Waals surface area (Å²) in [6.07, 6.45) is 1.60. The van der Waals surface area contributed by atoms with Crippen LogP contribution in [-0.4, -0.2) is 36.7 Å². The monoisotopic (exact) mass is 262 g/mol. The van der Waals surface area contributed by atoms with Crippen LogP contribution in [0.5, 0.6) is 0 Å². The van der Waals surface area contributed by atoms with E-state index < -0.39 is 0 Å². The highest BCUT2D eigenvalue weighted by atomic mass is 35.5. The van der Waals surface area contributed by atoms with Gasteiger partial charge in [-0.2, -0.15) is 5.10 Å². The maximum Gasteiger partial charge on any atom is 0.0877 e. The van der Waals surface area contributed by atoms with E-state index in [0.29, 0.717) is 31.4 Å². The molecule has 0 fully saturated rings. The van der Waals surface area contributed by atoms with Crippen molar-refractivity contribution in [2.45, 2.75) is 19.5 Å². The molecular formula is C10H19ClN4O2. The molecule has 0 radical (unpaired) electrons. The SMILES string of the molecule is CCOCC(NN)c1c(Cl)cnn1CCOC. The lowest BCUT2D eigenvalue weighted by molar-refractivity contribution is 0.119. The molecule has 98 valence electrons. The number of halogens is 1. The van der Waals surface area contributed by atoms with Crippen molar-refractivity contribution in [3.8, 4) is 0 Å². The molecule has 0 saturated carbocycles. The quantitative estimate of drug-likeness (QED) is 0.534. The summed E-state index contributed by atoms with van der Waals surface area (Å²) in [6, 6.07) is -0.179. The number of hydrogen-bond acceptors (Lipinski definition) is 5. The second-order valence-electron chi connectivity index (χ2n) is 3.47. The highest BCUT2D eigenvalue weighted by molar-refractivity contribution is 6.31. The van der Waals surface area contributed by atoms with Crippen molar-refractivity contribution in [2.75, 3.05) is 26.9 Å². The lowest BCUT2D eigenvalue weighted by atomic mass is 10.2. The minimum atomic E-state index is -0.179. The summed E-state index contributed by atoms with van der Waals surface area (Å²) >= 11 is 6.10. The summed E-state index contributed by atoms with van der Waals surface area (Å²) in [5.74, 6) is 5.51. The van der Waals surface area contributed by atoms with Crippen molar-refractivity contribution < 1.29 is 9.47 Å². The molecule has 0 bridgehead atoms. The second kappa shape index (κ2) is 7.62. The fourth-order valence-electron chi connectivity index (χ4n) is 1.52. The molecule has 7 heteroatoms. The van der Waals surface area contributed by atoms with Crippen LogP contribution >= 0.6 is 11.6 Å². The predicted octanol–water partition coefficient (Wildman–Crippen LogP) is 0.724. The molecule has 0 saturated heterocycles. The van der Waals surface area contributed by atoms with Gasteiger partial charge in [0.1, 0.15) is 0 Å². The van der Waals surface area contributed by atoms with E-state index in [0.717, 1.165) is 5.69 Å². The van der Waals surface area contributed by atoms with Crippen LogP contribution in [0.3, 0.4) is 0 Å². The van der Waals surface area contributed by atoms with Crippen LogP contribution in [0.15, 0.2) is 6.20 Å². The molecule has 0 amide bonds. The molecule has 6 nitrogen and oxygen atoms in total. The number of nitrogens with zero attached hydrogens (tertiary/aromatic N) is 2. The first-order valence-electron chi connectivity index (χ1n) is 5.48. The van der Waals surface area contributed by atoms with Crippen LogP contribution in [0.2, 0.25) is 5.02 Å². The number of aromatic nitrogens is 2. The number of ether oxygens (including phenoxy) is 2. The van der Waals surface area contributed by atoms with Gasteiger partial charge in [0, 0.05) is 13.7 Å². The highest BCUT2D eigenvalue weighted by Crippen LogP contribution is 2.22. The van der Waals surface area contributed by atoms with E-state index >= 15 is 0 Å². The summed E-state index contributed by atoms with van der Waals surface area (Å²) < 4.78 is 12.1. The van der Waals surface area contributed by atoms with Crippen molar-refractivity contribution in [1.29, 1.82) is 0 Å². The Hall–Kier alpha value is -0.660. The lowest BCUT2D eigenvalue weighted by Gasteiger charge is -2.18. The average Bonchev–Trinajstić information content (AvgIpc) is 2.70. The highest BCUT2D eigenvalue weighted by Gasteiger charge is 2.19. The van der Waals surface area contributed by atoms with Gasteiger partial charge in [-0.1, -0.05) is 11.6 Å². The fraction of sp³-hybridized carbons (Fsp3) is 0.700. The first-order valence-corrected chi connectivity index (χ1v) is 5.86. The van der Waals surface area contributed by atoms with Crippen LogP contribution in [0, 0.1) is 0 Å². The molecule has 1 heterocycles. The van der Waals surface area contributed by atoms with Gasteiger partial charge in [0.15, 0.2) is 0 Å². The van der Waals surface area contributed by atoms with Gasteiger partial charge >= 0.3 is 0 Å². The molecular weight excluding hydrogens is 244 g/mol. The zero-order chi connectivity index (χ0) is 12.7. The molecule has 1 aromatic rings. The summed E-state index contributed by atoms with van der Waals surface area (Å²) in [5.41, 5.74) is 3.50. The normalized spacial score (nSPS) is 12.9. The van der Waals surface area contributed by atoms with E-state index in [1.807, 2.05) is 6.92 Å². The first-order chi connectivity index (χ1) is 8.24. The first kappa shape index (κ1) is 14.4. The van der Waals surface area contributed by atoms with Crippen molar-refractivity contribution >= 4 is 11.6 Å². The van der Waals surface area contributed by atoms with Crippen LogP contribution in [0.4, 0.5) is 0 Å². The summed E-state index contributed by atoms with van der Waals surface area (Å²) in [5, 5.41) is 4.76. The molecule has 0 aliphatic carbocycles. The third kappa shape index (κ3) is 3.93. The maximum absolute atomic E-state index is 6.10. The Balaban J connectivity index is 2.80. The third-order valence-electron chi connectivity index (χ3n) is 2.36. The molecule has 1 atom stereocenters. The number of hydrogen-bond donors (Lipinski definition) is 2. The average molecular weight is 263 g/mol. The molecule has 1 unspecified atom stereocenters. The zero-order valence-corrected chi connectivity index (χ0v) is 10.9. The van der Waals surface area contributed by atoms with Crippen LogP contribution < -0.4 is 11.3 Å². The van der Waals surface area contributed by atoms with E-state index in [4.69, 9.17) is 26.9 Å². The summed E-state index contributed by atoms with van der Waals surface area (Å²) in [4.78, 5) is 0. The number of nitrogens with two attached hydrogens (primary N) is 1. The Morgan fingerprint density at radius 1 is 1.65 bits per heavy atom. The molecule has 3 N–H and O–H groups in total. The van der Waals surface area contributed by atoms with Crippen molar-refractivity contribution in [3.05, 3.63) is 16.9 Å². The Kier molecular flexibility index (Phi) is 6.46. The number of nitrogens with one attached hydrogen (secondary N) is 1. The Morgan fingerprint density at radius 3 is 3.00 bits per heavy atom. The minimum absolute atomic E-state index is 0.179. The number of methoxy groups -OCH3 is 1. The minimum Gasteiger partial charge on any atom is -0.383 e. The van der Waals surface area contributed by atoms with Crippen LogP contribution in [-0.2, 0) is 16.0 Å². The molecule has 1 rings (SSSR count). The van der Waals surface area contributed by atoms with E-state index in [1.54, 1.807) is 18.0 Å². The molecule has 0 aromatic carbocycles. The number of hydrazine groups is 1. The molecule has 0 spiro atoms. The van der Waals surface area contributed by atoms with Crippen LogP contribution in [0.1, 0.15) is 18.7 Å². The molecule has 0 aliphatic heterocycles. The Morgan fingerprint density at radius 2 is 2.41 bits per heavy atom. The van der Waals surface area contributed by atoms with Gasteiger partial charge in [-0.15, -0.1) is 0 Å². The zero-order valence-electron chi connectivity index (χ0n) is 10.1. The third-order valence-corrected chi connectivity index (χ3v) is 2.65. The van der Waals surface area contributed by atoms with Gasteiger partial charge in [-0.25, -0.2) is 5.43 Å². The largest absolute Gasteiger partial charge is 0.383 e. The van der Waals surface area contributed by atoms with Gasteiger partial charge in [-0.3, -0.25) is 10.5 Å². The van der Waals surface area contributed by atoms with Crippen molar-refractivity contribution in [1.82, 2.24) is 15.2 Å². The molecule has 0 aliphatic rings. The Bertz CT molecular complexity index is 332. The second-order valence-corrected chi connectivity index (χ2v) is 3.88. The topological polar surface area (TPSA) is 74.3 Å². The molecule has 17 heavy (non-hydrogen) atoms. The van der Waals surface area contributed by atoms with Gasteiger partial charge in [-0.05, 0) is 6.92 Å². The van der Waals surface area contributed by atoms with Crippen molar-refractivity contribution in [3.63, 3.8) is 0 Å². The van der Waals surface area contributed by atoms with Gasteiger partial charge in [0.05, 0.1) is 42.7 Å². The van der Waals surface area contributed by atoms with E-state index in [1.165, 1.54) is 0 Å². The van der Waals surface area contributed by atoms with E-state index in [2.05, 4.69) is 10.5 Å². The van der Waals surface area contributed by atoms with Gasteiger partial charge < -0.3 is 9.47 Å². The fourth-order valence-corrected chi connectivity index (χ4v) is 1.79. The van der Waals surface area contributed by atoms with E-state index in [9.17, 15) is 0 Å². The molecule has 1 aromatic heterocycles.